The lowest BCUT2D eigenvalue weighted by molar-refractivity contribution is -0.143. The van der Waals surface area contributed by atoms with Gasteiger partial charge in [0.15, 0.2) is 0 Å². The zero-order chi connectivity index (χ0) is 29.7. The summed E-state index contributed by atoms with van der Waals surface area (Å²) in [6, 6.07) is 0.709. The molecule has 14 nitrogen and oxygen atoms in total. The number of phenols is 1. The highest BCUT2D eigenvalue weighted by Gasteiger charge is 2.31. The SMILES string of the molecule is CC(C)C[C@H](N)C(=O)N[C@@H](Cc1ccc(O)cc1)C(=O)N[C@@H](CCC(N)=O)C(=O)N[C@@H](CCC(=O)O)C(=O)O. The molecule has 1 rings (SSSR count). The normalized spacial score (nSPS) is 13.9. The Bertz CT molecular complexity index is 1030. The summed E-state index contributed by atoms with van der Waals surface area (Å²) in [4.78, 5) is 72.6. The van der Waals surface area contributed by atoms with Crippen molar-refractivity contribution in [1.82, 2.24) is 16.0 Å². The topological polar surface area (TPSA) is 251 Å². The van der Waals surface area contributed by atoms with E-state index >= 15 is 0 Å². The highest BCUT2D eigenvalue weighted by atomic mass is 16.4. The first-order valence-corrected chi connectivity index (χ1v) is 12.4. The third-order valence-corrected chi connectivity index (χ3v) is 5.65. The molecular formula is C25H37N5O9. The molecule has 0 aliphatic rings. The summed E-state index contributed by atoms with van der Waals surface area (Å²) in [5, 5.41) is 34.9. The van der Waals surface area contributed by atoms with Crippen LogP contribution in [0, 0.1) is 5.92 Å². The highest BCUT2D eigenvalue weighted by Crippen LogP contribution is 2.13. The first kappa shape index (κ1) is 32.8. The zero-order valence-electron chi connectivity index (χ0n) is 21.9. The number of carbonyl (C=O) groups is 6. The van der Waals surface area contributed by atoms with E-state index in [9.17, 15) is 39.0 Å². The van der Waals surface area contributed by atoms with Gasteiger partial charge in [0.05, 0.1) is 6.04 Å². The van der Waals surface area contributed by atoms with Crippen LogP contribution in [0.25, 0.3) is 0 Å². The van der Waals surface area contributed by atoms with Crippen molar-refractivity contribution in [2.75, 3.05) is 0 Å². The Kier molecular flexibility index (Phi) is 13.4. The molecule has 14 heteroatoms. The Balaban J connectivity index is 3.16. The summed E-state index contributed by atoms with van der Waals surface area (Å²) < 4.78 is 0. The molecule has 0 aliphatic heterocycles. The summed E-state index contributed by atoms with van der Waals surface area (Å²) in [6.07, 6.45) is -1.28. The first-order valence-electron chi connectivity index (χ1n) is 12.4. The summed E-state index contributed by atoms with van der Waals surface area (Å²) in [5.41, 5.74) is 11.7. The van der Waals surface area contributed by atoms with Crippen molar-refractivity contribution >= 4 is 35.6 Å². The molecule has 39 heavy (non-hydrogen) atoms. The van der Waals surface area contributed by atoms with E-state index in [0.717, 1.165) is 0 Å². The number of nitrogens with one attached hydrogen (secondary N) is 3. The number of carboxylic acids is 2. The molecule has 10 N–H and O–H groups in total. The third kappa shape index (κ3) is 12.7. The van der Waals surface area contributed by atoms with E-state index in [-0.39, 0.29) is 30.9 Å². The Morgan fingerprint density at radius 3 is 1.82 bits per heavy atom. The summed E-state index contributed by atoms with van der Waals surface area (Å²) in [5.74, 6) is -5.86. The van der Waals surface area contributed by atoms with E-state index in [0.29, 0.717) is 12.0 Å². The highest BCUT2D eigenvalue weighted by molar-refractivity contribution is 5.94. The number of phenolic OH excluding ortho intramolecular Hbond substituents is 1. The minimum Gasteiger partial charge on any atom is -0.508 e. The van der Waals surface area contributed by atoms with Crippen LogP contribution in [0.2, 0.25) is 0 Å². The second-order valence-corrected chi connectivity index (χ2v) is 9.57. The van der Waals surface area contributed by atoms with Gasteiger partial charge in [0.25, 0.3) is 0 Å². The van der Waals surface area contributed by atoms with Gasteiger partial charge in [-0.15, -0.1) is 0 Å². The first-order chi connectivity index (χ1) is 18.2. The lowest BCUT2D eigenvalue weighted by atomic mass is 10.0. The third-order valence-electron chi connectivity index (χ3n) is 5.65. The number of primary amides is 1. The van der Waals surface area contributed by atoms with E-state index < -0.39 is 72.6 Å². The van der Waals surface area contributed by atoms with Crippen LogP contribution in [-0.4, -0.2) is 75.1 Å². The molecule has 4 atom stereocenters. The van der Waals surface area contributed by atoms with Crippen LogP contribution in [0.1, 0.15) is 51.5 Å². The predicted molar refractivity (Wildman–Crippen MR) is 138 cm³/mol. The molecule has 0 aliphatic carbocycles. The molecule has 0 saturated carbocycles. The Morgan fingerprint density at radius 1 is 0.795 bits per heavy atom. The zero-order valence-corrected chi connectivity index (χ0v) is 21.9. The van der Waals surface area contributed by atoms with Gasteiger partial charge in [-0.3, -0.25) is 24.0 Å². The maximum Gasteiger partial charge on any atom is 0.326 e. The second kappa shape index (κ2) is 15.9. The lowest BCUT2D eigenvalue weighted by Gasteiger charge is -2.25. The van der Waals surface area contributed by atoms with Crippen molar-refractivity contribution in [1.29, 1.82) is 0 Å². The molecule has 0 fully saturated rings. The quantitative estimate of drug-likeness (QED) is 0.117. The van der Waals surface area contributed by atoms with Crippen LogP contribution in [0.15, 0.2) is 24.3 Å². The molecule has 0 spiro atoms. The standard InChI is InChI=1S/C25H37N5O9/c1-13(2)11-16(26)22(35)30-19(12-14-3-5-15(31)6-4-14)24(37)28-17(7-9-20(27)32)23(36)29-18(25(38)39)8-10-21(33)34/h3-6,13,16-19,31H,7-12,26H2,1-2H3,(H2,27,32)(H,28,37)(H,29,36)(H,30,35)(H,33,34)(H,38,39)/t16-,17-,18-,19-/m0/s1. The van der Waals surface area contributed by atoms with Gasteiger partial charge in [0.2, 0.25) is 23.6 Å². The van der Waals surface area contributed by atoms with Crippen molar-refractivity contribution in [2.45, 2.75) is 76.5 Å². The van der Waals surface area contributed by atoms with E-state index in [2.05, 4.69) is 16.0 Å². The molecule has 0 saturated heterocycles. The number of aliphatic carboxylic acids is 2. The summed E-state index contributed by atoms with van der Waals surface area (Å²) >= 11 is 0. The number of hydrogen-bond acceptors (Lipinski definition) is 8. The number of hydrogen-bond donors (Lipinski definition) is 8. The summed E-state index contributed by atoms with van der Waals surface area (Å²) in [7, 11) is 0. The van der Waals surface area contributed by atoms with Gasteiger partial charge in [-0.1, -0.05) is 26.0 Å². The van der Waals surface area contributed by atoms with Crippen molar-refractivity contribution in [3.05, 3.63) is 29.8 Å². The van der Waals surface area contributed by atoms with E-state index in [1.807, 2.05) is 13.8 Å². The fourth-order valence-corrected chi connectivity index (χ4v) is 3.60. The average Bonchev–Trinajstić information content (AvgIpc) is 2.83. The Labute approximate surface area is 225 Å². The molecule has 1 aromatic carbocycles. The largest absolute Gasteiger partial charge is 0.508 e. The average molecular weight is 552 g/mol. The van der Waals surface area contributed by atoms with Crippen LogP contribution < -0.4 is 27.4 Å². The van der Waals surface area contributed by atoms with Crippen LogP contribution in [0.3, 0.4) is 0 Å². The molecule has 0 radical (unpaired) electrons. The number of carbonyl (C=O) groups excluding carboxylic acids is 4. The molecule has 0 heterocycles. The molecular weight excluding hydrogens is 514 g/mol. The van der Waals surface area contributed by atoms with Gasteiger partial charge in [-0.25, -0.2) is 4.79 Å². The molecule has 0 unspecified atom stereocenters. The van der Waals surface area contributed by atoms with Crippen LogP contribution >= 0.6 is 0 Å². The maximum absolute atomic E-state index is 13.3. The number of rotatable bonds is 17. The minimum absolute atomic E-state index is 0.0122. The van der Waals surface area contributed by atoms with Gasteiger partial charge >= 0.3 is 11.9 Å². The number of carboxylic acid groups (broad SMARTS) is 2. The fraction of sp³-hybridized carbons (Fsp3) is 0.520. The van der Waals surface area contributed by atoms with E-state index in [1.165, 1.54) is 24.3 Å². The molecule has 216 valence electrons. The second-order valence-electron chi connectivity index (χ2n) is 9.57. The molecule has 4 amide bonds. The predicted octanol–water partition coefficient (Wildman–Crippen LogP) is -1.02. The number of nitrogens with two attached hydrogens (primary N) is 2. The van der Waals surface area contributed by atoms with Crippen molar-refractivity contribution in [3.8, 4) is 5.75 Å². The van der Waals surface area contributed by atoms with Gasteiger partial charge < -0.3 is 42.7 Å². The fourth-order valence-electron chi connectivity index (χ4n) is 3.60. The summed E-state index contributed by atoms with van der Waals surface area (Å²) in [6.45, 7) is 3.74. The minimum atomic E-state index is -1.57. The Hall–Kier alpha value is -4.20. The van der Waals surface area contributed by atoms with Crippen LogP contribution in [0.4, 0.5) is 0 Å². The van der Waals surface area contributed by atoms with Crippen molar-refractivity contribution in [2.24, 2.45) is 17.4 Å². The molecule has 1 aromatic rings. The van der Waals surface area contributed by atoms with Crippen LogP contribution in [0.5, 0.6) is 5.75 Å². The molecule has 0 bridgehead atoms. The van der Waals surface area contributed by atoms with Gasteiger partial charge in [0, 0.05) is 19.3 Å². The van der Waals surface area contributed by atoms with Gasteiger partial charge in [-0.2, -0.15) is 0 Å². The Morgan fingerprint density at radius 2 is 1.31 bits per heavy atom. The van der Waals surface area contributed by atoms with Gasteiger partial charge in [-0.05, 0) is 42.9 Å². The van der Waals surface area contributed by atoms with Gasteiger partial charge in [0.1, 0.15) is 23.9 Å². The number of aromatic hydroxyl groups is 1. The van der Waals surface area contributed by atoms with Crippen LogP contribution in [-0.2, 0) is 35.2 Å². The number of benzene rings is 1. The van der Waals surface area contributed by atoms with Crippen molar-refractivity contribution < 1.29 is 44.1 Å². The smallest absolute Gasteiger partial charge is 0.326 e. The van der Waals surface area contributed by atoms with Crippen molar-refractivity contribution in [3.63, 3.8) is 0 Å². The lowest BCUT2D eigenvalue weighted by Crippen LogP contribution is -2.57. The van der Waals surface area contributed by atoms with E-state index in [4.69, 9.17) is 16.6 Å². The number of amides is 4. The monoisotopic (exact) mass is 551 g/mol. The van der Waals surface area contributed by atoms with E-state index in [1.54, 1.807) is 0 Å². The molecule has 0 aromatic heterocycles. The maximum atomic E-state index is 13.3.